The fourth-order valence-corrected chi connectivity index (χ4v) is 4.41. The molecule has 0 N–H and O–H groups in total. The van der Waals surface area contributed by atoms with Gasteiger partial charge in [0.05, 0.1) is 12.1 Å². The molecular weight excluding hydrogens is 344 g/mol. The minimum absolute atomic E-state index is 0.818. The third-order valence-electron chi connectivity index (χ3n) is 6.10. The van der Waals surface area contributed by atoms with Crippen molar-refractivity contribution in [3.05, 3.63) is 30.5 Å². The molecule has 156 valence electrons. The summed E-state index contributed by atoms with van der Waals surface area (Å²) >= 11 is 0. The molecule has 1 fully saturated rings. The number of aromatic nitrogens is 1. The van der Waals surface area contributed by atoms with Crippen molar-refractivity contribution in [2.45, 2.75) is 84.1 Å². The molecule has 3 nitrogen and oxygen atoms in total. The average molecular weight is 385 g/mol. The summed E-state index contributed by atoms with van der Waals surface area (Å²) in [7, 11) is 0. The minimum Gasteiger partial charge on any atom is -0.493 e. The molecule has 1 aliphatic rings. The molecule has 0 amide bonds. The highest BCUT2D eigenvalue weighted by Gasteiger charge is 2.09. The molecule has 3 rings (SSSR count). The third kappa shape index (κ3) is 6.55. The van der Waals surface area contributed by atoms with Gasteiger partial charge in [0, 0.05) is 24.7 Å². The third-order valence-corrected chi connectivity index (χ3v) is 6.10. The van der Waals surface area contributed by atoms with Gasteiger partial charge in [-0.15, -0.1) is 0 Å². The van der Waals surface area contributed by atoms with E-state index in [1.54, 1.807) is 0 Å². The Morgan fingerprint density at radius 3 is 2.43 bits per heavy atom. The van der Waals surface area contributed by atoms with E-state index in [9.17, 15) is 0 Å². The van der Waals surface area contributed by atoms with Gasteiger partial charge in [0.1, 0.15) is 5.75 Å². The van der Waals surface area contributed by atoms with Crippen LogP contribution < -0.4 is 4.74 Å². The van der Waals surface area contributed by atoms with Gasteiger partial charge in [0.2, 0.25) is 0 Å². The lowest BCUT2D eigenvalue weighted by atomic mass is 10.1. The highest BCUT2D eigenvalue weighted by atomic mass is 16.5. The second-order valence-corrected chi connectivity index (χ2v) is 8.42. The zero-order valence-electron chi connectivity index (χ0n) is 18.0. The standard InChI is InChI=1S/C25H40N2O/c1-2-3-4-5-6-11-20-27-21-16-23-24(27)14-12-15-25(23)28-22-13-19-26-17-9-7-8-10-18-26/h12,14-16,21H,2-11,13,17-20,22H2,1H3. The molecule has 0 spiro atoms. The zero-order valence-corrected chi connectivity index (χ0v) is 18.0. The van der Waals surface area contributed by atoms with Crippen LogP contribution in [0.5, 0.6) is 5.75 Å². The Morgan fingerprint density at radius 1 is 0.821 bits per heavy atom. The van der Waals surface area contributed by atoms with Crippen LogP contribution in [0.2, 0.25) is 0 Å². The summed E-state index contributed by atoms with van der Waals surface area (Å²) in [4.78, 5) is 2.62. The average Bonchev–Trinajstić information content (AvgIpc) is 2.95. The Bertz CT molecular complexity index is 670. The summed E-state index contributed by atoms with van der Waals surface area (Å²) in [5, 5.41) is 1.27. The summed E-state index contributed by atoms with van der Waals surface area (Å²) in [6.07, 6.45) is 17.0. The quantitative estimate of drug-likeness (QED) is 0.381. The Kier molecular flexibility index (Phi) is 9.22. The Balaban J connectivity index is 1.44. The van der Waals surface area contributed by atoms with Crippen LogP contribution in [0.4, 0.5) is 0 Å². The van der Waals surface area contributed by atoms with Crippen molar-refractivity contribution in [3.63, 3.8) is 0 Å². The fraction of sp³-hybridized carbons (Fsp3) is 0.680. The van der Waals surface area contributed by atoms with Crippen molar-refractivity contribution in [2.24, 2.45) is 0 Å². The van der Waals surface area contributed by atoms with Crippen molar-refractivity contribution in [3.8, 4) is 5.75 Å². The second kappa shape index (κ2) is 12.2. The van der Waals surface area contributed by atoms with E-state index >= 15 is 0 Å². The molecule has 1 aromatic heterocycles. The molecule has 1 saturated heterocycles. The van der Waals surface area contributed by atoms with Gasteiger partial charge < -0.3 is 14.2 Å². The molecule has 0 saturated carbocycles. The minimum atomic E-state index is 0.818. The number of fused-ring (bicyclic) bond motifs is 1. The second-order valence-electron chi connectivity index (χ2n) is 8.42. The number of rotatable bonds is 12. The first-order valence-electron chi connectivity index (χ1n) is 11.8. The van der Waals surface area contributed by atoms with Gasteiger partial charge in [-0.1, -0.05) is 57.9 Å². The van der Waals surface area contributed by atoms with Crippen molar-refractivity contribution < 1.29 is 4.74 Å². The van der Waals surface area contributed by atoms with Gasteiger partial charge in [0.25, 0.3) is 0 Å². The van der Waals surface area contributed by atoms with Crippen molar-refractivity contribution in [1.82, 2.24) is 9.47 Å². The summed E-state index contributed by atoms with van der Waals surface area (Å²) in [5.41, 5.74) is 1.32. The van der Waals surface area contributed by atoms with Gasteiger partial charge >= 0.3 is 0 Å². The van der Waals surface area contributed by atoms with Crippen molar-refractivity contribution in [1.29, 1.82) is 0 Å². The van der Waals surface area contributed by atoms with E-state index < -0.39 is 0 Å². The lowest BCUT2D eigenvalue weighted by Crippen LogP contribution is -2.26. The number of ether oxygens (including phenoxy) is 1. The van der Waals surface area contributed by atoms with Crippen LogP contribution in [0.15, 0.2) is 30.5 Å². The zero-order chi connectivity index (χ0) is 19.4. The van der Waals surface area contributed by atoms with Gasteiger partial charge in [0.15, 0.2) is 0 Å². The number of benzene rings is 1. The van der Waals surface area contributed by atoms with Crippen molar-refractivity contribution in [2.75, 3.05) is 26.2 Å². The summed E-state index contributed by atoms with van der Waals surface area (Å²) in [6.45, 7) is 7.94. The van der Waals surface area contributed by atoms with Crippen LogP contribution in [0.25, 0.3) is 10.9 Å². The smallest absolute Gasteiger partial charge is 0.128 e. The lowest BCUT2D eigenvalue weighted by Gasteiger charge is -2.19. The number of unbranched alkanes of at least 4 members (excludes halogenated alkanes) is 5. The van der Waals surface area contributed by atoms with E-state index in [1.807, 2.05) is 0 Å². The first-order chi connectivity index (χ1) is 13.9. The molecule has 3 heteroatoms. The van der Waals surface area contributed by atoms with E-state index in [1.165, 1.54) is 94.7 Å². The molecule has 0 radical (unpaired) electrons. The molecule has 28 heavy (non-hydrogen) atoms. The fourth-order valence-electron chi connectivity index (χ4n) is 4.41. The molecule has 0 atom stereocenters. The number of likely N-dealkylation sites (tertiary alicyclic amines) is 1. The topological polar surface area (TPSA) is 17.4 Å². The maximum Gasteiger partial charge on any atom is 0.128 e. The predicted molar refractivity (Wildman–Crippen MR) is 120 cm³/mol. The van der Waals surface area contributed by atoms with E-state index in [-0.39, 0.29) is 0 Å². The maximum atomic E-state index is 6.18. The summed E-state index contributed by atoms with van der Waals surface area (Å²) in [6, 6.07) is 8.74. The Labute approximate surface area is 172 Å². The SMILES string of the molecule is CCCCCCCCn1ccc2c(OCCCN3CCCCCC3)cccc21. The van der Waals surface area contributed by atoms with Crippen molar-refractivity contribution >= 4 is 10.9 Å². The van der Waals surface area contributed by atoms with Crippen LogP contribution >= 0.6 is 0 Å². The molecule has 2 aromatic rings. The molecule has 1 aromatic carbocycles. The van der Waals surface area contributed by atoms with Crippen LogP contribution in [-0.4, -0.2) is 35.7 Å². The van der Waals surface area contributed by atoms with E-state index in [0.29, 0.717) is 0 Å². The molecule has 0 aliphatic carbocycles. The lowest BCUT2D eigenvalue weighted by molar-refractivity contribution is 0.241. The van der Waals surface area contributed by atoms with Crippen LogP contribution in [0.1, 0.15) is 77.6 Å². The summed E-state index contributed by atoms with van der Waals surface area (Å²) in [5.74, 6) is 1.05. The highest BCUT2D eigenvalue weighted by Crippen LogP contribution is 2.27. The Hall–Kier alpha value is -1.48. The molecule has 0 bridgehead atoms. The summed E-state index contributed by atoms with van der Waals surface area (Å²) < 4.78 is 8.59. The van der Waals surface area contributed by atoms with Gasteiger partial charge in [-0.2, -0.15) is 0 Å². The normalized spacial score (nSPS) is 15.8. The largest absolute Gasteiger partial charge is 0.493 e. The molecular formula is C25H40N2O. The van der Waals surface area contributed by atoms with Crippen LogP contribution in [-0.2, 0) is 6.54 Å². The highest BCUT2D eigenvalue weighted by molar-refractivity contribution is 5.86. The van der Waals surface area contributed by atoms with Gasteiger partial charge in [-0.05, 0) is 57.0 Å². The number of aryl methyl sites for hydroxylation is 1. The van der Waals surface area contributed by atoms with E-state index in [4.69, 9.17) is 4.74 Å². The van der Waals surface area contributed by atoms with Crippen LogP contribution in [0, 0.1) is 0 Å². The Morgan fingerprint density at radius 2 is 1.61 bits per heavy atom. The molecule has 0 unspecified atom stereocenters. The van der Waals surface area contributed by atoms with Crippen LogP contribution in [0.3, 0.4) is 0 Å². The number of hydrogen-bond acceptors (Lipinski definition) is 2. The van der Waals surface area contributed by atoms with E-state index in [0.717, 1.165) is 25.3 Å². The van der Waals surface area contributed by atoms with Gasteiger partial charge in [-0.3, -0.25) is 0 Å². The monoisotopic (exact) mass is 384 g/mol. The molecule has 2 heterocycles. The number of hydrogen-bond donors (Lipinski definition) is 0. The van der Waals surface area contributed by atoms with E-state index in [2.05, 4.69) is 46.9 Å². The number of nitrogens with zero attached hydrogens (tertiary/aromatic N) is 2. The molecule has 1 aliphatic heterocycles. The first-order valence-corrected chi connectivity index (χ1v) is 11.8. The predicted octanol–water partition coefficient (Wildman–Crippen LogP) is 6.65. The maximum absolute atomic E-state index is 6.18. The first kappa shape index (κ1) is 21.2. The van der Waals surface area contributed by atoms with Gasteiger partial charge in [-0.25, -0.2) is 0 Å².